The summed E-state index contributed by atoms with van der Waals surface area (Å²) in [4.78, 5) is 23.2. The normalized spacial score (nSPS) is 14.1. The third-order valence-corrected chi connectivity index (χ3v) is 4.01. The molecule has 1 aromatic heterocycles. The molecule has 2 aromatic rings. The first-order valence-electron chi connectivity index (χ1n) is 8.08. The molecule has 1 aliphatic rings. The Labute approximate surface area is 141 Å². The van der Waals surface area contributed by atoms with E-state index >= 15 is 0 Å². The molecule has 1 N–H and O–H groups in total. The summed E-state index contributed by atoms with van der Waals surface area (Å²) < 4.78 is 0. The van der Waals surface area contributed by atoms with Gasteiger partial charge in [0, 0.05) is 18.8 Å². The zero-order valence-corrected chi connectivity index (χ0v) is 13.6. The van der Waals surface area contributed by atoms with E-state index in [9.17, 15) is 10.1 Å². The Balaban J connectivity index is 1.86. The first-order valence-corrected chi connectivity index (χ1v) is 8.08. The molecule has 6 heteroatoms. The minimum absolute atomic E-state index is 0.0585. The van der Waals surface area contributed by atoms with E-state index in [1.807, 2.05) is 17.9 Å². The van der Waals surface area contributed by atoms with Crippen LogP contribution in [-0.4, -0.2) is 33.9 Å². The van der Waals surface area contributed by atoms with E-state index in [0.717, 1.165) is 25.9 Å². The number of rotatable bonds is 3. The molecule has 0 spiro atoms. The molecule has 2 heterocycles. The van der Waals surface area contributed by atoms with E-state index in [1.165, 1.54) is 6.42 Å². The monoisotopic (exact) mass is 321 g/mol. The van der Waals surface area contributed by atoms with Gasteiger partial charge in [-0.3, -0.25) is 4.79 Å². The molecule has 1 amide bonds. The van der Waals surface area contributed by atoms with Crippen LogP contribution in [0.4, 0.5) is 11.6 Å². The fourth-order valence-corrected chi connectivity index (χ4v) is 2.80. The van der Waals surface area contributed by atoms with Crippen LogP contribution in [0.2, 0.25) is 0 Å². The van der Waals surface area contributed by atoms with Crippen LogP contribution in [0, 0.1) is 18.3 Å². The Morgan fingerprint density at radius 1 is 1.21 bits per heavy atom. The Morgan fingerprint density at radius 2 is 1.96 bits per heavy atom. The second kappa shape index (κ2) is 7.09. The highest BCUT2D eigenvalue weighted by Gasteiger charge is 2.20. The predicted molar refractivity (Wildman–Crippen MR) is 91.0 cm³/mol. The number of hydrogen-bond donors (Lipinski definition) is 1. The number of hydrogen-bond acceptors (Lipinski definition) is 5. The van der Waals surface area contributed by atoms with Crippen LogP contribution < -0.4 is 5.32 Å². The van der Waals surface area contributed by atoms with E-state index in [0.29, 0.717) is 28.6 Å². The van der Waals surface area contributed by atoms with Gasteiger partial charge >= 0.3 is 0 Å². The van der Waals surface area contributed by atoms with E-state index < -0.39 is 0 Å². The van der Waals surface area contributed by atoms with Crippen molar-refractivity contribution in [1.29, 1.82) is 5.26 Å². The molecule has 0 aliphatic carbocycles. The molecular weight excluding hydrogens is 302 g/mol. The largest absolute Gasteiger partial charge is 0.337 e. The van der Waals surface area contributed by atoms with Crippen molar-refractivity contribution in [2.45, 2.75) is 26.2 Å². The van der Waals surface area contributed by atoms with Crippen LogP contribution in [0.25, 0.3) is 0 Å². The molecule has 24 heavy (non-hydrogen) atoms. The van der Waals surface area contributed by atoms with Gasteiger partial charge < -0.3 is 10.2 Å². The summed E-state index contributed by atoms with van der Waals surface area (Å²) in [6, 6.07) is 11.0. The number of benzene rings is 1. The molecule has 3 rings (SSSR count). The molecule has 1 aliphatic heterocycles. The molecule has 0 saturated carbocycles. The van der Waals surface area contributed by atoms with Crippen LogP contribution in [0.1, 0.15) is 41.0 Å². The Bertz CT molecular complexity index is 790. The number of nitriles is 1. The lowest BCUT2D eigenvalue weighted by Crippen LogP contribution is -2.36. The van der Waals surface area contributed by atoms with E-state index in [1.54, 1.807) is 24.3 Å². The number of piperidine rings is 1. The minimum Gasteiger partial charge on any atom is -0.337 e. The van der Waals surface area contributed by atoms with Crippen LogP contribution >= 0.6 is 0 Å². The van der Waals surface area contributed by atoms with Crippen molar-refractivity contribution in [3.8, 4) is 6.07 Å². The number of amides is 1. The number of likely N-dealkylation sites (tertiary alicyclic amines) is 1. The van der Waals surface area contributed by atoms with Crippen LogP contribution in [0.3, 0.4) is 0 Å². The molecule has 6 nitrogen and oxygen atoms in total. The Hall–Kier alpha value is -2.94. The topological polar surface area (TPSA) is 81.9 Å². The van der Waals surface area contributed by atoms with Crippen LogP contribution in [-0.2, 0) is 0 Å². The highest BCUT2D eigenvalue weighted by Crippen LogP contribution is 2.19. The smallest absolute Gasteiger partial charge is 0.272 e. The van der Waals surface area contributed by atoms with Crippen molar-refractivity contribution in [2.75, 3.05) is 18.4 Å². The molecular formula is C18H19N5O. The summed E-state index contributed by atoms with van der Waals surface area (Å²) in [6.45, 7) is 3.39. The van der Waals surface area contributed by atoms with Crippen molar-refractivity contribution in [3.05, 3.63) is 47.3 Å². The maximum Gasteiger partial charge on any atom is 0.272 e. The SMILES string of the molecule is Cc1cc(C(=O)N2CCCCC2)nc(Nc2ccccc2C#N)n1. The van der Waals surface area contributed by atoms with E-state index in [-0.39, 0.29) is 5.91 Å². The van der Waals surface area contributed by atoms with Crippen molar-refractivity contribution in [1.82, 2.24) is 14.9 Å². The van der Waals surface area contributed by atoms with Crippen LogP contribution in [0.5, 0.6) is 0 Å². The van der Waals surface area contributed by atoms with Crippen LogP contribution in [0.15, 0.2) is 30.3 Å². The van der Waals surface area contributed by atoms with Gasteiger partial charge in [-0.25, -0.2) is 9.97 Å². The third kappa shape index (κ3) is 3.51. The van der Waals surface area contributed by atoms with Gasteiger partial charge in [-0.15, -0.1) is 0 Å². The van der Waals surface area contributed by atoms with Gasteiger partial charge in [-0.2, -0.15) is 5.26 Å². The molecule has 1 saturated heterocycles. The van der Waals surface area contributed by atoms with Gasteiger partial charge in [0.05, 0.1) is 11.3 Å². The summed E-state index contributed by atoms with van der Waals surface area (Å²) in [7, 11) is 0. The van der Waals surface area contributed by atoms with E-state index in [4.69, 9.17) is 0 Å². The quantitative estimate of drug-likeness (QED) is 0.939. The van der Waals surface area contributed by atoms with Crippen molar-refractivity contribution in [2.24, 2.45) is 0 Å². The maximum atomic E-state index is 12.6. The van der Waals surface area contributed by atoms with Gasteiger partial charge in [-0.05, 0) is 44.4 Å². The highest BCUT2D eigenvalue weighted by atomic mass is 16.2. The minimum atomic E-state index is -0.0585. The number of carbonyl (C=O) groups is 1. The summed E-state index contributed by atoms with van der Waals surface area (Å²) in [5.74, 6) is 0.273. The summed E-state index contributed by atoms with van der Waals surface area (Å²) in [6.07, 6.45) is 3.25. The van der Waals surface area contributed by atoms with Crippen molar-refractivity contribution >= 4 is 17.5 Å². The fourth-order valence-electron chi connectivity index (χ4n) is 2.80. The lowest BCUT2D eigenvalue weighted by Gasteiger charge is -2.26. The second-order valence-corrected chi connectivity index (χ2v) is 5.85. The second-order valence-electron chi connectivity index (χ2n) is 5.85. The Kier molecular flexibility index (Phi) is 4.71. The van der Waals surface area contributed by atoms with Crippen molar-refractivity contribution in [3.63, 3.8) is 0 Å². The first-order chi connectivity index (χ1) is 11.7. The number of nitrogens with zero attached hydrogens (tertiary/aromatic N) is 4. The number of anilines is 2. The van der Waals surface area contributed by atoms with Crippen molar-refractivity contribution < 1.29 is 4.79 Å². The number of aryl methyl sites for hydroxylation is 1. The lowest BCUT2D eigenvalue weighted by molar-refractivity contribution is 0.0718. The molecule has 1 fully saturated rings. The average Bonchev–Trinajstić information content (AvgIpc) is 2.62. The predicted octanol–water partition coefficient (Wildman–Crippen LogP) is 3.03. The maximum absolute atomic E-state index is 12.6. The van der Waals surface area contributed by atoms with Gasteiger partial charge in [0.2, 0.25) is 5.95 Å². The summed E-state index contributed by atoms with van der Waals surface area (Å²) >= 11 is 0. The molecule has 122 valence electrons. The zero-order valence-electron chi connectivity index (χ0n) is 13.6. The zero-order chi connectivity index (χ0) is 16.9. The molecule has 1 aromatic carbocycles. The van der Waals surface area contributed by atoms with Gasteiger partial charge in [0.25, 0.3) is 5.91 Å². The average molecular weight is 321 g/mol. The number of nitrogens with one attached hydrogen (secondary N) is 1. The standard InChI is InChI=1S/C18H19N5O/c1-13-11-16(17(24)23-9-5-2-6-10-23)22-18(20-13)21-15-8-4-3-7-14(15)12-19/h3-4,7-8,11H,2,5-6,9-10H2,1H3,(H,20,21,22). The third-order valence-electron chi connectivity index (χ3n) is 4.01. The summed E-state index contributed by atoms with van der Waals surface area (Å²) in [5.41, 5.74) is 2.23. The number of para-hydroxylation sites is 1. The first kappa shape index (κ1) is 15.9. The number of aromatic nitrogens is 2. The van der Waals surface area contributed by atoms with Gasteiger partial charge in [-0.1, -0.05) is 12.1 Å². The molecule has 0 bridgehead atoms. The highest BCUT2D eigenvalue weighted by molar-refractivity contribution is 5.92. The molecule has 0 unspecified atom stereocenters. The molecule has 0 radical (unpaired) electrons. The molecule has 0 atom stereocenters. The summed E-state index contributed by atoms with van der Waals surface area (Å²) in [5, 5.41) is 12.2. The van der Waals surface area contributed by atoms with Gasteiger partial charge in [0.15, 0.2) is 0 Å². The fraction of sp³-hybridized carbons (Fsp3) is 0.333. The van der Waals surface area contributed by atoms with Gasteiger partial charge in [0.1, 0.15) is 11.8 Å². The van der Waals surface area contributed by atoms with E-state index in [2.05, 4.69) is 21.4 Å². The lowest BCUT2D eigenvalue weighted by atomic mass is 10.1. The number of carbonyl (C=O) groups excluding carboxylic acids is 1. The Morgan fingerprint density at radius 3 is 2.71 bits per heavy atom.